The van der Waals surface area contributed by atoms with Gasteiger partial charge >= 0.3 is 0 Å². The van der Waals surface area contributed by atoms with E-state index in [1.165, 1.54) is 5.56 Å². The Morgan fingerprint density at radius 1 is 1.75 bits per heavy atom. The van der Waals surface area contributed by atoms with Crippen molar-refractivity contribution in [3.63, 3.8) is 0 Å². The van der Waals surface area contributed by atoms with Crippen LogP contribution in [0.3, 0.4) is 0 Å². The van der Waals surface area contributed by atoms with Gasteiger partial charge in [0.2, 0.25) is 0 Å². The molecular formula is C9H11NO2. The first-order chi connectivity index (χ1) is 5.85. The molecule has 0 bridgehead atoms. The van der Waals surface area contributed by atoms with Gasteiger partial charge in [0.05, 0.1) is 11.8 Å². The Morgan fingerprint density at radius 2 is 2.58 bits per heavy atom. The number of aromatic amines is 1. The number of aromatic nitrogens is 1. The highest BCUT2D eigenvalue weighted by molar-refractivity contribution is 5.73. The molecule has 1 heterocycles. The fourth-order valence-corrected chi connectivity index (χ4v) is 1.76. The third-order valence-electron chi connectivity index (χ3n) is 2.36. The minimum atomic E-state index is 0.161. The molecule has 12 heavy (non-hydrogen) atoms. The minimum absolute atomic E-state index is 0.161. The van der Waals surface area contributed by atoms with Gasteiger partial charge in [-0.3, -0.25) is 4.79 Å². The first-order valence-electron chi connectivity index (χ1n) is 4.05. The summed E-state index contributed by atoms with van der Waals surface area (Å²) in [7, 11) is 1.70. The summed E-state index contributed by atoms with van der Waals surface area (Å²) < 4.78 is 5.25. The average molecular weight is 165 g/mol. The van der Waals surface area contributed by atoms with Crippen LogP contribution in [0.4, 0.5) is 0 Å². The van der Waals surface area contributed by atoms with Crippen molar-refractivity contribution in [2.45, 2.75) is 18.9 Å². The van der Waals surface area contributed by atoms with E-state index in [2.05, 4.69) is 4.98 Å². The molecule has 1 atom stereocenters. The Kier molecular flexibility index (Phi) is 1.73. The lowest BCUT2D eigenvalue weighted by molar-refractivity contribution is 0.101. The summed E-state index contributed by atoms with van der Waals surface area (Å²) in [5, 5.41) is 0. The van der Waals surface area contributed by atoms with Crippen LogP contribution >= 0.6 is 0 Å². The second kappa shape index (κ2) is 2.75. The predicted molar refractivity (Wildman–Crippen MR) is 44.3 cm³/mol. The molecular weight excluding hydrogens is 154 g/mol. The number of carbonyl (C=O) groups excluding carboxylic acids is 1. The van der Waals surface area contributed by atoms with Crippen LogP contribution in [-0.2, 0) is 11.2 Å². The molecule has 0 saturated heterocycles. The van der Waals surface area contributed by atoms with Crippen LogP contribution < -0.4 is 0 Å². The van der Waals surface area contributed by atoms with E-state index in [-0.39, 0.29) is 6.10 Å². The Bertz CT molecular complexity index is 303. The number of aryl methyl sites for hydroxylation is 1. The summed E-state index contributed by atoms with van der Waals surface area (Å²) in [6, 6.07) is 1.90. The number of fused-ring (bicyclic) bond motifs is 1. The molecule has 1 unspecified atom stereocenters. The average Bonchev–Trinajstić information content (AvgIpc) is 2.61. The summed E-state index contributed by atoms with van der Waals surface area (Å²) in [6.45, 7) is 0. The zero-order valence-corrected chi connectivity index (χ0v) is 6.96. The van der Waals surface area contributed by atoms with Gasteiger partial charge in [-0.15, -0.1) is 0 Å². The SMILES string of the molecule is COC1CCc2cc(C=O)[nH]c21. The number of H-pyrrole nitrogens is 1. The largest absolute Gasteiger partial charge is 0.375 e. The number of rotatable bonds is 2. The molecule has 0 spiro atoms. The van der Waals surface area contributed by atoms with Crippen LogP contribution in [0.25, 0.3) is 0 Å². The number of nitrogens with one attached hydrogen (secondary N) is 1. The van der Waals surface area contributed by atoms with Gasteiger partial charge in [0.25, 0.3) is 0 Å². The van der Waals surface area contributed by atoms with Crippen molar-refractivity contribution in [1.82, 2.24) is 4.98 Å². The fraction of sp³-hybridized carbons (Fsp3) is 0.444. The van der Waals surface area contributed by atoms with Crippen molar-refractivity contribution < 1.29 is 9.53 Å². The van der Waals surface area contributed by atoms with E-state index in [1.807, 2.05) is 6.07 Å². The maximum Gasteiger partial charge on any atom is 0.166 e. The monoisotopic (exact) mass is 165 g/mol. The van der Waals surface area contributed by atoms with E-state index < -0.39 is 0 Å². The minimum Gasteiger partial charge on any atom is -0.375 e. The standard InChI is InChI=1S/C9H11NO2/c1-12-8-3-2-6-4-7(5-11)10-9(6)8/h4-5,8,10H,2-3H2,1H3. The maximum absolute atomic E-state index is 10.4. The third kappa shape index (κ3) is 0.975. The quantitative estimate of drug-likeness (QED) is 0.674. The Hall–Kier alpha value is -1.09. The second-order valence-electron chi connectivity index (χ2n) is 3.04. The molecule has 3 heteroatoms. The number of ether oxygens (including phenoxy) is 1. The number of hydrogen-bond acceptors (Lipinski definition) is 2. The summed E-state index contributed by atoms with van der Waals surface area (Å²) >= 11 is 0. The van der Waals surface area contributed by atoms with E-state index in [4.69, 9.17) is 4.74 Å². The molecule has 3 nitrogen and oxygen atoms in total. The van der Waals surface area contributed by atoms with Crippen LogP contribution in [0.2, 0.25) is 0 Å². The Balaban J connectivity index is 2.37. The molecule has 1 aliphatic rings. The molecule has 1 aromatic heterocycles. The normalized spacial score (nSPS) is 20.9. The lowest BCUT2D eigenvalue weighted by Crippen LogP contribution is -1.96. The van der Waals surface area contributed by atoms with Crippen LogP contribution in [0.5, 0.6) is 0 Å². The van der Waals surface area contributed by atoms with Gasteiger partial charge in [0.15, 0.2) is 6.29 Å². The van der Waals surface area contributed by atoms with E-state index in [0.29, 0.717) is 5.69 Å². The van der Waals surface area contributed by atoms with Crippen molar-refractivity contribution in [2.24, 2.45) is 0 Å². The van der Waals surface area contributed by atoms with E-state index in [9.17, 15) is 4.79 Å². The molecule has 1 N–H and O–H groups in total. The van der Waals surface area contributed by atoms with Crippen LogP contribution in [-0.4, -0.2) is 18.4 Å². The van der Waals surface area contributed by atoms with E-state index in [0.717, 1.165) is 24.8 Å². The van der Waals surface area contributed by atoms with Crippen LogP contribution in [0.15, 0.2) is 6.07 Å². The van der Waals surface area contributed by atoms with Gasteiger partial charge in [-0.05, 0) is 24.5 Å². The fourth-order valence-electron chi connectivity index (χ4n) is 1.76. The van der Waals surface area contributed by atoms with Crippen molar-refractivity contribution in [3.8, 4) is 0 Å². The smallest absolute Gasteiger partial charge is 0.166 e. The molecule has 0 amide bonds. The summed E-state index contributed by atoms with van der Waals surface area (Å²) in [5.74, 6) is 0. The van der Waals surface area contributed by atoms with Gasteiger partial charge in [0.1, 0.15) is 0 Å². The zero-order valence-electron chi connectivity index (χ0n) is 6.96. The van der Waals surface area contributed by atoms with E-state index >= 15 is 0 Å². The number of carbonyl (C=O) groups is 1. The number of hydrogen-bond donors (Lipinski definition) is 1. The van der Waals surface area contributed by atoms with Crippen LogP contribution in [0, 0.1) is 0 Å². The molecule has 2 rings (SSSR count). The molecule has 64 valence electrons. The molecule has 1 aromatic rings. The molecule has 0 fully saturated rings. The predicted octanol–water partition coefficient (Wildman–Crippen LogP) is 1.46. The van der Waals surface area contributed by atoms with E-state index in [1.54, 1.807) is 7.11 Å². The highest BCUT2D eigenvalue weighted by Crippen LogP contribution is 2.32. The first-order valence-corrected chi connectivity index (χ1v) is 4.05. The maximum atomic E-state index is 10.4. The number of aldehydes is 1. The molecule has 0 saturated carbocycles. The second-order valence-corrected chi connectivity index (χ2v) is 3.04. The highest BCUT2D eigenvalue weighted by atomic mass is 16.5. The lowest BCUT2D eigenvalue weighted by atomic mass is 10.2. The molecule has 0 radical (unpaired) electrons. The highest BCUT2D eigenvalue weighted by Gasteiger charge is 2.24. The summed E-state index contributed by atoms with van der Waals surface area (Å²) in [6.07, 6.45) is 3.04. The Morgan fingerprint density at radius 3 is 3.25 bits per heavy atom. The molecule has 1 aliphatic carbocycles. The van der Waals surface area contributed by atoms with Crippen molar-refractivity contribution >= 4 is 6.29 Å². The molecule has 0 aromatic carbocycles. The van der Waals surface area contributed by atoms with Gasteiger partial charge < -0.3 is 9.72 Å². The van der Waals surface area contributed by atoms with Crippen molar-refractivity contribution in [1.29, 1.82) is 0 Å². The lowest BCUT2D eigenvalue weighted by Gasteiger charge is -2.05. The third-order valence-corrected chi connectivity index (χ3v) is 2.36. The Labute approximate surface area is 70.7 Å². The number of methoxy groups -OCH3 is 1. The van der Waals surface area contributed by atoms with Crippen molar-refractivity contribution in [2.75, 3.05) is 7.11 Å². The van der Waals surface area contributed by atoms with Crippen LogP contribution in [0.1, 0.15) is 34.3 Å². The van der Waals surface area contributed by atoms with Gasteiger partial charge in [0, 0.05) is 12.8 Å². The molecule has 0 aliphatic heterocycles. The van der Waals surface area contributed by atoms with Gasteiger partial charge in [-0.25, -0.2) is 0 Å². The summed E-state index contributed by atoms with van der Waals surface area (Å²) in [5.41, 5.74) is 2.96. The van der Waals surface area contributed by atoms with Crippen molar-refractivity contribution in [3.05, 3.63) is 23.0 Å². The zero-order chi connectivity index (χ0) is 8.55. The topological polar surface area (TPSA) is 42.1 Å². The first kappa shape index (κ1) is 7.55. The van der Waals surface area contributed by atoms with Gasteiger partial charge in [-0.1, -0.05) is 0 Å². The van der Waals surface area contributed by atoms with Gasteiger partial charge in [-0.2, -0.15) is 0 Å². The summed E-state index contributed by atoms with van der Waals surface area (Å²) in [4.78, 5) is 13.5.